The van der Waals surface area contributed by atoms with Gasteiger partial charge >= 0.3 is 33.6 Å². The molecule has 484 valence electrons. The van der Waals surface area contributed by atoms with Crippen LogP contribution in [0.15, 0.2) is 60.8 Å². The van der Waals surface area contributed by atoms with Gasteiger partial charge in [-0.25, -0.2) is 9.13 Å². The number of unbranched alkanes of at least 4 members (excludes halogenated alkanes) is 29. The van der Waals surface area contributed by atoms with Crippen molar-refractivity contribution in [2.24, 2.45) is 0 Å². The lowest BCUT2D eigenvalue weighted by molar-refractivity contribution is -0.161. The summed E-state index contributed by atoms with van der Waals surface area (Å²) in [5, 5.41) is 20.5. The molecule has 0 amide bonds. The predicted molar refractivity (Wildman–Crippen MR) is 335 cm³/mol. The molecular weight excluding hydrogens is 1100 g/mol. The number of hydrogen-bond acceptors (Lipinski definition) is 14. The second-order valence-electron chi connectivity index (χ2n) is 21.9. The van der Waals surface area contributed by atoms with E-state index in [4.69, 9.17) is 32.3 Å². The van der Waals surface area contributed by atoms with E-state index in [1.807, 2.05) is 0 Å². The highest BCUT2D eigenvalue weighted by Crippen LogP contribution is 2.45. The average molecular weight is 1220 g/mol. The van der Waals surface area contributed by atoms with E-state index in [2.05, 4.69) is 81.5 Å². The number of aliphatic hydroxyl groups excluding tert-OH is 2. The van der Waals surface area contributed by atoms with E-state index < -0.39 is 91.5 Å². The summed E-state index contributed by atoms with van der Waals surface area (Å²) < 4.78 is 60.7. The quantitative estimate of drug-likeness (QED) is 0.0146. The molecule has 0 saturated heterocycles. The van der Waals surface area contributed by atoms with Crippen LogP contribution in [0.3, 0.4) is 0 Å². The highest BCUT2D eigenvalue weighted by molar-refractivity contribution is 7.47. The lowest BCUT2D eigenvalue weighted by Gasteiger charge is -2.21. The van der Waals surface area contributed by atoms with Crippen LogP contribution in [0.25, 0.3) is 0 Å². The Hall–Kier alpha value is -2.75. The number of carbonyl (C=O) groups is 3. The maximum atomic E-state index is 12.8. The Labute approximate surface area is 503 Å². The highest BCUT2D eigenvalue weighted by atomic mass is 31.2. The lowest BCUT2D eigenvalue weighted by Crippen LogP contribution is -2.30. The van der Waals surface area contributed by atoms with Gasteiger partial charge in [0.25, 0.3) is 0 Å². The molecule has 5 atom stereocenters. The van der Waals surface area contributed by atoms with Crippen molar-refractivity contribution in [3.8, 4) is 0 Å². The normalized spacial score (nSPS) is 14.7. The van der Waals surface area contributed by atoms with Gasteiger partial charge in [0.15, 0.2) is 6.10 Å². The summed E-state index contributed by atoms with van der Waals surface area (Å²) >= 11 is 0. The fourth-order valence-electron chi connectivity index (χ4n) is 8.67. The maximum absolute atomic E-state index is 12.8. The van der Waals surface area contributed by atoms with Gasteiger partial charge in [0.2, 0.25) is 0 Å². The van der Waals surface area contributed by atoms with Crippen LogP contribution in [-0.4, -0.2) is 95.9 Å². The molecule has 0 spiro atoms. The molecule has 16 nitrogen and oxygen atoms in total. The summed E-state index contributed by atoms with van der Waals surface area (Å²) in [5.74, 6) is -1.58. The van der Waals surface area contributed by atoms with Gasteiger partial charge in [0.05, 0.1) is 26.4 Å². The Bertz CT molecular complexity index is 1770. The molecule has 0 aromatic carbocycles. The van der Waals surface area contributed by atoms with Crippen LogP contribution >= 0.6 is 15.6 Å². The number of esters is 3. The second kappa shape index (κ2) is 59.6. The molecular formula is C65H118O16P2. The monoisotopic (exact) mass is 1220 g/mol. The first-order valence-electron chi connectivity index (χ1n) is 32.6. The lowest BCUT2D eigenvalue weighted by atomic mass is 10.1. The maximum Gasteiger partial charge on any atom is 0.472 e. The van der Waals surface area contributed by atoms with E-state index >= 15 is 0 Å². The minimum absolute atomic E-state index is 0.108. The van der Waals surface area contributed by atoms with Crippen molar-refractivity contribution >= 4 is 33.6 Å². The molecule has 0 aliphatic rings. The van der Waals surface area contributed by atoms with Gasteiger partial charge in [-0.1, -0.05) is 229 Å². The zero-order chi connectivity index (χ0) is 61.0. The summed E-state index contributed by atoms with van der Waals surface area (Å²) in [6.45, 7) is 2.60. The zero-order valence-corrected chi connectivity index (χ0v) is 53.9. The number of aliphatic hydroxyl groups is 2. The van der Waals surface area contributed by atoms with Crippen LogP contribution in [0, 0.1) is 0 Å². The number of ether oxygens (including phenoxy) is 3. The molecule has 0 rings (SSSR count). The van der Waals surface area contributed by atoms with E-state index in [-0.39, 0.29) is 19.3 Å². The van der Waals surface area contributed by atoms with E-state index in [1.54, 1.807) is 0 Å². The van der Waals surface area contributed by atoms with E-state index in [1.165, 1.54) is 89.9 Å². The van der Waals surface area contributed by atoms with Gasteiger partial charge in [-0.05, 0) is 89.9 Å². The predicted octanol–water partition coefficient (Wildman–Crippen LogP) is 17.4. The van der Waals surface area contributed by atoms with Crippen LogP contribution in [0.5, 0.6) is 0 Å². The first-order valence-corrected chi connectivity index (χ1v) is 35.6. The van der Waals surface area contributed by atoms with Gasteiger partial charge < -0.3 is 34.2 Å². The Morgan fingerprint density at radius 2 is 0.602 bits per heavy atom. The topological polar surface area (TPSA) is 231 Å². The number of carbonyl (C=O) groups excluding carboxylic acids is 3. The third-order valence-corrected chi connectivity index (χ3v) is 15.6. The molecule has 18 heteroatoms. The number of rotatable bonds is 62. The summed E-state index contributed by atoms with van der Waals surface area (Å²) in [7, 11) is -9.75. The largest absolute Gasteiger partial charge is 0.472 e. The van der Waals surface area contributed by atoms with Gasteiger partial charge in [-0.15, -0.1) is 0 Å². The Balaban J connectivity index is 4.51. The molecule has 0 aliphatic heterocycles. The van der Waals surface area contributed by atoms with E-state index in [9.17, 15) is 43.5 Å². The van der Waals surface area contributed by atoms with Crippen LogP contribution in [0.1, 0.15) is 278 Å². The van der Waals surface area contributed by atoms with Gasteiger partial charge in [-0.2, -0.15) is 0 Å². The van der Waals surface area contributed by atoms with Crippen molar-refractivity contribution in [2.75, 3.05) is 39.6 Å². The smallest absolute Gasteiger partial charge is 0.463 e. The Morgan fingerprint density at radius 1 is 0.337 bits per heavy atom. The van der Waals surface area contributed by atoms with Crippen molar-refractivity contribution in [1.29, 1.82) is 0 Å². The molecule has 0 bridgehead atoms. The van der Waals surface area contributed by atoms with Crippen molar-refractivity contribution in [1.82, 2.24) is 0 Å². The number of hydrogen-bond donors (Lipinski definition) is 4. The molecule has 0 aliphatic carbocycles. The standard InChI is InChI=1S/C65H118O16P2/c1-4-7-10-13-16-19-22-24-25-26-27-28-29-30-31-32-33-35-38-39-42-45-48-51-63(68)75-54-60(66)55-77-82(71,72)78-56-61(67)57-79-83(73,74)80-59-62(81-65(70)53-50-47-44-41-36-21-18-15-12-9-6-3)58-76-64(69)52-49-46-43-40-37-34-23-20-17-14-11-8-5-2/h16,19-20,23-25,27-28,30-31,60-62,66-67H,4-15,17-18,21-22,26,29,32-59H2,1-3H3,(H,71,72)(H,73,74)/b19-16-,23-20-,25-24-,28-27-,31-30-. The minimum Gasteiger partial charge on any atom is -0.463 e. The fourth-order valence-corrected chi connectivity index (χ4v) is 10.3. The molecule has 83 heavy (non-hydrogen) atoms. The molecule has 0 saturated carbocycles. The third kappa shape index (κ3) is 60.7. The highest BCUT2D eigenvalue weighted by Gasteiger charge is 2.29. The fraction of sp³-hybridized carbons (Fsp3) is 0.800. The summed E-state index contributed by atoms with van der Waals surface area (Å²) in [5.41, 5.74) is 0. The number of allylic oxidation sites excluding steroid dienone is 10. The molecule has 0 heterocycles. The molecule has 0 aromatic rings. The minimum atomic E-state index is -4.91. The number of phosphoric acid groups is 2. The zero-order valence-electron chi connectivity index (χ0n) is 52.1. The Morgan fingerprint density at radius 3 is 1.00 bits per heavy atom. The molecule has 0 aromatic heterocycles. The molecule has 4 N–H and O–H groups in total. The van der Waals surface area contributed by atoms with Crippen LogP contribution < -0.4 is 0 Å². The first-order chi connectivity index (χ1) is 40.2. The molecule has 0 fully saturated rings. The molecule has 5 unspecified atom stereocenters. The second-order valence-corrected chi connectivity index (χ2v) is 24.8. The average Bonchev–Trinajstić information content (AvgIpc) is 3.46. The van der Waals surface area contributed by atoms with Crippen LogP contribution in [-0.2, 0) is 55.8 Å². The summed E-state index contributed by atoms with van der Waals surface area (Å²) in [4.78, 5) is 58.1. The Kier molecular flexibility index (Phi) is 57.6. The van der Waals surface area contributed by atoms with E-state index in [0.29, 0.717) is 19.3 Å². The SMILES string of the molecule is CCCCC/C=C\C/C=C\C/C=C\C/C=C\CCCCCCCCCC(=O)OCC(O)COP(=O)(O)OCC(O)COP(=O)(O)OCC(COC(=O)CCCCCCC/C=C\CCCCCC)OC(=O)CCCCCCCCCCCCC. The molecule has 0 radical (unpaired) electrons. The van der Waals surface area contributed by atoms with Gasteiger partial charge in [-0.3, -0.25) is 32.5 Å². The van der Waals surface area contributed by atoms with E-state index in [0.717, 1.165) is 128 Å². The third-order valence-electron chi connectivity index (χ3n) is 13.7. The van der Waals surface area contributed by atoms with Gasteiger partial charge in [0.1, 0.15) is 25.4 Å². The van der Waals surface area contributed by atoms with Crippen molar-refractivity contribution in [3.63, 3.8) is 0 Å². The summed E-state index contributed by atoms with van der Waals surface area (Å²) in [6.07, 6.45) is 58.6. The number of phosphoric ester groups is 2. The van der Waals surface area contributed by atoms with Gasteiger partial charge in [0, 0.05) is 19.3 Å². The van der Waals surface area contributed by atoms with Crippen molar-refractivity contribution < 1.29 is 75.8 Å². The summed E-state index contributed by atoms with van der Waals surface area (Å²) in [6, 6.07) is 0. The van der Waals surface area contributed by atoms with Crippen molar-refractivity contribution in [3.05, 3.63) is 60.8 Å². The first kappa shape index (κ1) is 80.2. The van der Waals surface area contributed by atoms with Crippen LogP contribution in [0.4, 0.5) is 0 Å². The van der Waals surface area contributed by atoms with Crippen molar-refractivity contribution in [2.45, 2.75) is 296 Å². The van der Waals surface area contributed by atoms with Crippen LogP contribution in [0.2, 0.25) is 0 Å².